The van der Waals surface area contributed by atoms with E-state index in [0.717, 1.165) is 0 Å². The predicted octanol–water partition coefficient (Wildman–Crippen LogP) is 0.650. The Kier molecular flexibility index (Phi) is 2.55. The fourth-order valence-electron chi connectivity index (χ4n) is 1.28. The second-order valence-electron chi connectivity index (χ2n) is 3.24. The van der Waals surface area contributed by atoms with Gasteiger partial charge in [0.1, 0.15) is 5.69 Å². The molecular formula is C10H11N5O. The molecule has 0 fully saturated rings. The van der Waals surface area contributed by atoms with Gasteiger partial charge in [0.05, 0.1) is 11.9 Å². The predicted molar refractivity (Wildman–Crippen MR) is 59.8 cm³/mol. The molecule has 0 atom stereocenters. The van der Waals surface area contributed by atoms with Crippen LogP contribution >= 0.6 is 0 Å². The number of aromatic nitrogens is 3. The van der Waals surface area contributed by atoms with E-state index in [9.17, 15) is 4.79 Å². The maximum Gasteiger partial charge on any atom is 0.275 e. The monoisotopic (exact) mass is 217 g/mol. The molecule has 82 valence electrons. The van der Waals surface area contributed by atoms with Crippen molar-refractivity contribution in [1.29, 1.82) is 0 Å². The molecule has 0 aliphatic rings. The zero-order valence-electron chi connectivity index (χ0n) is 8.71. The van der Waals surface area contributed by atoms with E-state index in [0.29, 0.717) is 17.2 Å². The topological polar surface area (TPSA) is 85.8 Å². The number of hydrogen-bond donors (Lipinski definition) is 2. The van der Waals surface area contributed by atoms with Crippen molar-refractivity contribution in [3.63, 3.8) is 0 Å². The summed E-state index contributed by atoms with van der Waals surface area (Å²) < 4.78 is 1.50. The number of aryl methyl sites for hydroxylation is 1. The van der Waals surface area contributed by atoms with Crippen LogP contribution in [0.3, 0.4) is 0 Å². The molecule has 0 aliphatic carbocycles. The van der Waals surface area contributed by atoms with Crippen LogP contribution in [0, 0.1) is 0 Å². The number of anilines is 2. The standard InChI is InChI=1S/C10H11N5O/c1-15-9(7(11)6-13-15)14-10(16)8-4-2-3-5-12-8/h2-6H,11H2,1H3,(H,14,16). The van der Waals surface area contributed by atoms with Gasteiger partial charge in [0.25, 0.3) is 5.91 Å². The molecule has 2 heterocycles. The number of rotatable bonds is 2. The molecule has 2 rings (SSSR count). The first kappa shape index (κ1) is 10.2. The highest BCUT2D eigenvalue weighted by molar-refractivity contribution is 6.03. The minimum Gasteiger partial charge on any atom is -0.394 e. The summed E-state index contributed by atoms with van der Waals surface area (Å²) in [4.78, 5) is 15.7. The maximum atomic E-state index is 11.7. The van der Waals surface area contributed by atoms with Crippen molar-refractivity contribution in [2.24, 2.45) is 7.05 Å². The lowest BCUT2D eigenvalue weighted by atomic mass is 10.3. The summed E-state index contributed by atoms with van der Waals surface area (Å²) in [7, 11) is 1.70. The Labute approximate surface area is 92.1 Å². The fraction of sp³-hybridized carbons (Fsp3) is 0.100. The molecule has 0 saturated carbocycles. The first-order valence-corrected chi connectivity index (χ1v) is 4.68. The Morgan fingerprint density at radius 3 is 2.88 bits per heavy atom. The van der Waals surface area contributed by atoms with Gasteiger partial charge in [-0.3, -0.25) is 14.5 Å². The van der Waals surface area contributed by atoms with Crippen LogP contribution in [0.4, 0.5) is 11.5 Å². The van der Waals surface area contributed by atoms with Crippen molar-refractivity contribution in [3.8, 4) is 0 Å². The molecule has 3 N–H and O–H groups in total. The third kappa shape index (κ3) is 1.85. The summed E-state index contributed by atoms with van der Waals surface area (Å²) >= 11 is 0. The Morgan fingerprint density at radius 1 is 1.50 bits per heavy atom. The van der Waals surface area contributed by atoms with Gasteiger partial charge in [-0.2, -0.15) is 5.10 Å². The molecule has 0 saturated heterocycles. The van der Waals surface area contributed by atoms with E-state index < -0.39 is 0 Å². The van der Waals surface area contributed by atoms with Crippen LogP contribution in [-0.2, 0) is 7.05 Å². The zero-order chi connectivity index (χ0) is 11.5. The highest BCUT2D eigenvalue weighted by atomic mass is 16.2. The van der Waals surface area contributed by atoms with Gasteiger partial charge in [-0.25, -0.2) is 0 Å². The Morgan fingerprint density at radius 2 is 2.31 bits per heavy atom. The van der Waals surface area contributed by atoms with Crippen LogP contribution in [0.5, 0.6) is 0 Å². The third-order valence-electron chi connectivity index (χ3n) is 2.10. The number of carbonyl (C=O) groups excluding carboxylic acids is 1. The number of amides is 1. The number of carbonyl (C=O) groups is 1. The number of nitrogen functional groups attached to an aromatic ring is 1. The lowest BCUT2D eigenvalue weighted by Crippen LogP contribution is -2.16. The number of nitrogens with zero attached hydrogens (tertiary/aromatic N) is 3. The summed E-state index contributed by atoms with van der Waals surface area (Å²) in [5.41, 5.74) is 6.41. The van der Waals surface area contributed by atoms with Crippen LogP contribution in [0.15, 0.2) is 30.6 Å². The smallest absolute Gasteiger partial charge is 0.275 e. The average Bonchev–Trinajstić information content (AvgIpc) is 2.62. The van der Waals surface area contributed by atoms with E-state index in [2.05, 4.69) is 15.4 Å². The summed E-state index contributed by atoms with van der Waals surface area (Å²) in [6, 6.07) is 5.12. The minimum absolute atomic E-state index is 0.309. The van der Waals surface area contributed by atoms with Crippen molar-refractivity contribution in [3.05, 3.63) is 36.3 Å². The van der Waals surface area contributed by atoms with Crippen LogP contribution in [0.25, 0.3) is 0 Å². The van der Waals surface area contributed by atoms with Gasteiger partial charge in [-0.05, 0) is 12.1 Å². The van der Waals surface area contributed by atoms with Gasteiger partial charge in [-0.1, -0.05) is 6.07 Å². The van der Waals surface area contributed by atoms with Crippen LogP contribution in [0.1, 0.15) is 10.5 Å². The van der Waals surface area contributed by atoms with E-state index in [4.69, 9.17) is 5.73 Å². The van der Waals surface area contributed by atoms with Crippen LogP contribution in [-0.4, -0.2) is 20.7 Å². The summed E-state index contributed by atoms with van der Waals surface area (Å²) in [5.74, 6) is 0.159. The van der Waals surface area contributed by atoms with Crippen molar-refractivity contribution in [1.82, 2.24) is 14.8 Å². The summed E-state index contributed by atoms with van der Waals surface area (Å²) in [6.07, 6.45) is 3.04. The second kappa shape index (κ2) is 4.01. The van der Waals surface area contributed by atoms with E-state index >= 15 is 0 Å². The van der Waals surface area contributed by atoms with Crippen LogP contribution < -0.4 is 11.1 Å². The normalized spacial score (nSPS) is 10.1. The molecule has 0 aromatic carbocycles. The maximum absolute atomic E-state index is 11.7. The Balaban J connectivity index is 2.21. The molecule has 1 amide bonds. The zero-order valence-corrected chi connectivity index (χ0v) is 8.71. The van der Waals surface area contributed by atoms with Gasteiger partial charge in [0.15, 0.2) is 5.82 Å². The van der Waals surface area contributed by atoms with E-state index in [1.807, 2.05) is 0 Å². The third-order valence-corrected chi connectivity index (χ3v) is 2.10. The van der Waals surface area contributed by atoms with Crippen molar-refractivity contribution in [2.45, 2.75) is 0 Å². The van der Waals surface area contributed by atoms with Crippen molar-refractivity contribution in [2.75, 3.05) is 11.1 Å². The highest BCUT2D eigenvalue weighted by Crippen LogP contribution is 2.16. The highest BCUT2D eigenvalue weighted by Gasteiger charge is 2.11. The number of nitrogens with one attached hydrogen (secondary N) is 1. The minimum atomic E-state index is -0.309. The summed E-state index contributed by atoms with van der Waals surface area (Å²) in [5, 5.41) is 6.57. The van der Waals surface area contributed by atoms with Gasteiger partial charge in [0.2, 0.25) is 0 Å². The first-order valence-electron chi connectivity index (χ1n) is 4.68. The number of pyridine rings is 1. The van der Waals surface area contributed by atoms with Crippen molar-refractivity contribution >= 4 is 17.4 Å². The summed E-state index contributed by atoms with van der Waals surface area (Å²) in [6.45, 7) is 0. The lowest BCUT2D eigenvalue weighted by Gasteiger charge is -2.05. The fourth-order valence-corrected chi connectivity index (χ4v) is 1.28. The first-order chi connectivity index (χ1) is 7.68. The van der Waals surface area contributed by atoms with E-state index in [1.54, 1.807) is 31.4 Å². The van der Waals surface area contributed by atoms with Gasteiger partial charge >= 0.3 is 0 Å². The van der Waals surface area contributed by atoms with E-state index in [1.165, 1.54) is 10.9 Å². The number of nitrogens with two attached hydrogens (primary N) is 1. The molecule has 0 unspecified atom stereocenters. The van der Waals surface area contributed by atoms with Crippen molar-refractivity contribution < 1.29 is 4.79 Å². The average molecular weight is 217 g/mol. The molecule has 2 aromatic heterocycles. The SMILES string of the molecule is Cn1ncc(N)c1NC(=O)c1ccccn1. The van der Waals surface area contributed by atoms with Crippen LogP contribution in [0.2, 0.25) is 0 Å². The second-order valence-corrected chi connectivity index (χ2v) is 3.24. The Hall–Kier alpha value is -2.37. The van der Waals surface area contributed by atoms with E-state index in [-0.39, 0.29) is 5.91 Å². The molecule has 2 aromatic rings. The largest absolute Gasteiger partial charge is 0.394 e. The van der Waals surface area contributed by atoms with Gasteiger partial charge < -0.3 is 11.1 Å². The molecule has 0 bridgehead atoms. The van der Waals surface area contributed by atoms with Gasteiger partial charge in [-0.15, -0.1) is 0 Å². The molecule has 6 nitrogen and oxygen atoms in total. The molecule has 0 radical (unpaired) electrons. The quantitative estimate of drug-likeness (QED) is 0.773. The molecule has 0 spiro atoms. The lowest BCUT2D eigenvalue weighted by molar-refractivity contribution is 0.102. The molecule has 0 aliphatic heterocycles. The number of hydrogen-bond acceptors (Lipinski definition) is 4. The molecule has 16 heavy (non-hydrogen) atoms. The molecule has 6 heteroatoms. The van der Waals surface area contributed by atoms with Gasteiger partial charge in [0, 0.05) is 13.2 Å². The Bertz CT molecular complexity index is 486. The molecular weight excluding hydrogens is 206 g/mol.